The summed E-state index contributed by atoms with van der Waals surface area (Å²) in [4.78, 5) is 11.6. The standard InChI is InChI=1S/C15H22O/c1-12(16)14(15(2,3)4)11-10-13-8-6-5-7-9-13/h5-9,14H,10-11H2,1-4H3. The van der Waals surface area contributed by atoms with Crippen molar-refractivity contribution in [2.45, 2.75) is 40.5 Å². The second kappa shape index (κ2) is 5.29. The fraction of sp³-hybridized carbons (Fsp3) is 0.533. The quantitative estimate of drug-likeness (QED) is 0.749. The highest BCUT2D eigenvalue weighted by Gasteiger charge is 2.27. The Labute approximate surface area is 98.9 Å². The van der Waals surface area contributed by atoms with Crippen molar-refractivity contribution in [3.8, 4) is 0 Å². The van der Waals surface area contributed by atoms with E-state index in [0.29, 0.717) is 5.78 Å². The normalized spacial score (nSPS) is 13.5. The van der Waals surface area contributed by atoms with E-state index in [1.54, 1.807) is 6.92 Å². The molecule has 1 nitrogen and oxygen atoms in total. The fourth-order valence-electron chi connectivity index (χ4n) is 2.20. The van der Waals surface area contributed by atoms with Crippen LogP contribution in [0.15, 0.2) is 30.3 Å². The first-order valence-electron chi connectivity index (χ1n) is 5.95. The van der Waals surface area contributed by atoms with Gasteiger partial charge in [-0.05, 0) is 30.7 Å². The fourth-order valence-corrected chi connectivity index (χ4v) is 2.20. The SMILES string of the molecule is CC(=O)C(CCc1ccccc1)C(C)(C)C. The smallest absolute Gasteiger partial charge is 0.133 e. The highest BCUT2D eigenvalue weighted by Crippen LogP contribution is 2.30. The van der Waals surface area contributed by atoms with E-state index in [0.717, 1.165) is 12.8 Å². The molecule has 1 heteroatoms. The molecular weight excluding hydrogens is 196 g/mol. The second-order valence-electron chi connectivity index (χ2n) is 5.55. The Morgan fingerprint density at radius 2 is 1.75 bits per heavy atom. The first kappa shape index (κ1) is 13.0. The molecular formula is C15H22O. The molecule has 1 aromatic carbocycles. The zero-order chi connectivity index (χ0) is 12.2. The van der Waals surface area contributed by atoms with Gasteiger partial charge >= 0.3 is 0 Å². The van der Waals surface area contributed by atoms with Gasteiger partial charge in [-0.15, -0.1) is 0 Å². The van der Waals surface area contributed by atoms with Crippen LogP contribution in [0.3, 0.4) is 0 Å². The van der Waals surface area contributed by atoms with Gasteiger partial charge in [0.15, 0.2) is 0 Å². The molecule has 1 aromatic rings. The second-order valence-corrected chi connectivity index (χ2v) is 5.55. The van der Waals surface area contributed by atoms with Crippen molar-refractivity contribution in [3.05, 3.63) is 35.9 Å². The van der Waals surface area contributed by atoms with Gasteiger partial charge in [-0.1, -0.05) is 51.1 Å². The molecule has 0 bridgehead atoms. The molecule has 1 rings (SSSR count). The Hall–Kier alpha value is -1.11. The highest BCUT2D eigenvalue weighted by molar-refractivity contribution is 5.79. The summed E-state index contributed by atoms with van der Waals surface area (Å²) in [6.07, 6.45) is 1.94. The Bertz CT molecular complexity index is 332. The molecule has 0 saturated heterocycles. The van der Waals surface area contributed by atoms with Gasteiger partial charge in [0.25, 0.3) is 0 Å². The van der Waals surface area contributed by atoms with Gasteiger partial charge in [0.2, 0.25) is 0 Å². The molecule has 0 amide bonds. The van der Waals surface area contributed by atoms with Crippen molar-refractivity contribution < 1.29 is 4.79 Å². The third-order valence-electron chi connectivity index (χ3n) is 3.10. The van der Waals surface area contributed by atoms with Gasteiger partial charge in [0, 0.05) is 5.92 Å². The Balaban J connectivity index is 2.62. The van der Waals surface area contributed by atoms with Gasteiger partial charge in [0.05, 0.1) is 0 Å². The molecule has 0 spiro atoms. The topological polar surface area (TPSA) is 17.1 Å². The van der Waals surface area contributed by atoms with Crippen molar-refractivity contribution in [3.63, 3.8) is 0 Å². The number of carbonyl (C=O) groups excluding carboxylic acids is 1. The van der Waals surface area contributed by atoms with Crippen molar-refractivity contribution in [2.24, 2.45) is 11.3 Å². The molecule has 1 atom stereocenters. The number of aryl methyl sites for hydroxylation is 1. The molecule has 0 saturated carbocycles. The van der Waals surface area contributed by atoms with Crippen LogP contribution in [0.4, 0.5) is 0 Å². The minimum Gasteiger partial charge on any atom is -0.300 e. The average Bonchev–Trinajstić information content (AvgIpc) is 2.17. The van der Waals surface area contributed by atoms with Gasteiger partial charge in [-0.2, -0.15) is 0 Å². The molecule has 0 aromatic heterocycles. The number of rotatable bonds is 4. The van der Waals surface area contributed by atoms with E-state index in [2.05, 4.69) is 45.0 Å². The molecule has 1 unspecified atom stereocenters. The van der Waals surface area contributed by atoms with Crippen LogP contribution in [0, 0.1) is 11.3 Å². The minimum atomic E-state index is 0.0701. The number of hydrogen-bond acceptors (Lipinski definition) is 1. The predicted octanol–water partition coefficient (Wildman–Crippen LogP) is 3.87. The number of ketones is 1. The highest BCUT2D eigenvalue weighted by atomic mass is 16.1. The summed E-state index contributed by atoms with van der Waals surface area (Å²) >= 11 is 0. The molecule has 0 radical (unpaired) electrons. The monoisotopic (exact) mass is 218 g/mol. The first-order chi connectivity index (χ1) is 7.41. The van der Waals surface area contributed by atoms with Gasteiger partial charge in [-0.3, -0.25) is 4.79 Å². The van der Waals surface area contributed by atoms with E-state index < -0.39 is 0 Å². The maximum atomic E-state index is 11.6. The number of hydrogen-bond donors (Lipinski definition) is 0. The lowest BCUT2D eigenvalue weighted by Crippen LogP contribution is -2.27. The number of Topliss-reactive ketones (excluding diaryl/α,β-unsaturated/α-hetero) is 1. The minimum absolute atomic E-state index is 0.0701. The maximum Gasteiger partial charge on any atom is 0.133 e. The molecule has 0 aliphatic rings. The average molecular weight is 218 g/mol. The third kappa shape index (κ3) is 3.80. The van der Waals surface area contributed by atoms with Crippen molar-refractivity contribution in [1.82, 2.24) is 0 Å². The van der Waals surface area contributed by atoms with Crippen LogP contribution in [0.25, 0.3) is 0 Å². The molecule has 88 valence electrons. The van der Waals surface area contributed by atoms with Crippen molar-refractivity contribution >= 4 is 5.78 Å². The third-order valence-corrected chi connectivity index (χ3v) is 3.10. The van der Waals surface area contributed by atoms with Gasteiger partial charge < -0.3 is 0 Å². The molecule has 0 aliphatic carbocycles. The summed E-state index contributed by atoms with van der Waals surface area (Å²) in [5.74, 6) is 0.469. The predicted molar refractivity (Wildman–Crippen MR) is 68.4 cm³/mol. The van der Waals surface area contributed by atoms with Crippen LogP contribution in [0.1, 0.15) is 39.7 Å². The van der Waals surface area contributed by atoms with E-state index in [-0.39, 0.29) is 11.3 Å². The largest absolute Gasteiger partial charge is 0.300 e. The van der Waals surface area contributed by atoms with Crippen molar-refractivity contribution in [2.75, 3.05) is 0 Å². The maximum absolute atomic E-state index is 11.6. The lowest BCUT2D eigenvalue weighted by molar-refractivity contribution is -0.124. The van der Waals surface area contributed by atoms with Crippen LogP contribution in [-0.2, 0) is 11.2 Å². The van der Waals surface area contributed by atoms with Crippen LogP contribution in [0.2, 0.25) is 0 Å². The van der Waals surface area contributed by atoms with E-state index in [1.165, 1.54) is 5.56 Å². The van der Waals surface area contributed by atoms with Crippen LogP contribution < -0.4 is 0 Å². The van der Waals surface area contributed by atoms with Crippen LogP contribution >= 0.6 is 0 Å². The summed E-state index contributed by atoms with van der Waals surface area (Å²) in [7, 11) is 0. The van der Waals surface area contributed by atoms with E-state index in [1.807, 2.05) is 6.07 Å². The van der Waals surface area contributed by atoms with E-state index in [4.69, 9.17) is 0 Å². The zero-order valence-corrected chi connectivity index (χ0v) is 10.8. The number of benzene rings is 1. The molecule has 0 aliphatic heterocycles. The Morgan fingerprint density at radius 1 is 1.19 bits per heavy atom. The molecule has 0 N–H and O–H groups in total. The summed E-state index contributed by atoms with van der Waals surface area (Å²) in [5.41, 5.74) is 1.39. The Morgan fingerprint density at radius 3 is 2.19 bits per heavy atom. The summed E-state index contributed by atoms with van der Waals surface area (Å²) < 4.78 is 0. The van der Waals surface area contributed by atoms with Crippen LogP contribution in [-0.4, -0.2) is 5.78 Å². The lowest BCUT2D eigenvalue weighted by Gasteiger charge is -2.28. The molecule has 0 heterocycles. The zero-order valence-electron chi connectivity index (χ0n) is 10.8. The summed E-state index contributed by atoms with van der Waals surface area (Å²) in [5, 5.41) is 0. The van der Waals surface area contributed by atoms with E-state index in [9.17, 15) is 4.79 Å². The summed E-state index contributed by atoms with van der Waals surface area (Å²) in [6, 6.07) is 10.4. The van der Waals surface area contributed by atoms with Crippen LogP contribution in [0.5, 0.6) is 0 Å². The Kier molecular flexibility index (Phi) is 4.28. The summed E-state index contributed by atoms with van der Waals surface area (Å²) in [6.45, 7) is 8.14. The molecule has 16 heavy (non-hydrogen) atoms. The molecule has 0 fully saturated rings. The lowest BCUT2D eigenvalue weighted by atomic mass is 9.75. The van der Waals surface area contributed by atoms with Crippen molar-refractivity contribution in [1.29, 1.82) is 0 Å². The number of carbonyl (C=O) groups is 1. The van der Waals surface area contributed by atoms with Gasteiger partial charge in [-0.25, -0.2) is 0 Å². The van der Waals surface area contributed by atoms with Gasteiger partial charge in [0.1, 0.15) is 5.78 Å². The first-order valence-corrected chi connectivity index (χ1v) is 5.95. The van der Waals surface area contributed by atoms with E-state index >= 15 is 0 Å².